The molecule has 1 saturated heterocycles. The third kappa shape index (κ3) is 6.86. The van der Waals surface area contributed by atoms with Crippen LogP contribution in [0.2, 0.25) is 0 Å². The highest BCUT2D eigenvalue weighted by Crippen LogP contribution is 2.40. The Balaban J connectivity index is 1.62. The van der Waals surface area contributed by atoms with Gasteiger partial charge in [0.15, 0.2) is 16.7 Å². The zero-order chi connectivity index (χ0) is 26.5. The molecule has 0 spiro atoms. The van der Waals surface area contributed by atoms with Crippen molar-refractivity contribution in [2.45, 2.75) is 40.3 Å². The van der Waals surface area contributed by atoms with E-state index in [1.54, 1.807) is 4.90 Å². The number of carbonyl (C=O) groups excluding carboxylic acids is 1. The molecule has 0 bridgehead atoms. The Hall–Kier alpha value is -2.55. The van der Waals surface area contributed by atoms with Crippen LogP contribution >= 0.6 is 43.6 Å². The molecule has 0 saturated carbocycles. The number of aryl methyl sites for hydroxylation is 1. The molecule has 1 aliphatic heterocycles. The molecule has 0 radical (unpaired) electrons. The zero-order valence-corrected chi connectivity index (χ0v) is 25.1. The molecule has 0 aliphatic carbocycles. The molecular weight excluding hydrogens is 616 g/mol. The lowest BCUT2D eigenvalue weighted by molar-refractivity contribution is -0.123. The number of ether oxygens (including phenoxy) is 2. The highest BCUT2D eigenvalue weighted by atomic mass is 79.9. The molecule has 1 amide bonds. The third-order valence-corrected chi connectivity index (χ3v) is 7.64. The average Bonchev–Trinajstić information content (AvgIpc) is 3.15. The molecule has 8 heteroatoms. The fraction of sp³-hybridized carbons (Fsp3) is 0.241. The largest absolute Gasteiger partial charge is 0.490 e. The van der Waals surface area contributed by atoms with Crippen LogP contribution in [0.15, 0.2) is 79.5 Å². The molecule has 192 valence electrons. The number of halogens is 2. The van der Waals surface area contributed by atoms with E-state index < -0.39 is 0 Å². The molecule has 1 heterocycles. The Labute approximate surface area is 239 Å². The van der Waals surface area contributed by atoms with Gasteiger partial charge in [-0.15, -0.1) is 0 Å². The van der Waals surface area contributed by atoms with Crippen LogP contribution in [0.3, 0.4) is 0 Å². The van der Waals surface area contributed by atoms with E-state index >= 15 is 0 Å². The highest BCUT2D eigenvalue weighted by molar-refractivity contribution is 9.10. The summed E-state index contributed by atoms with van der Waals surface area (Å²) in [5, 5.41) is 0.675. The molecule has 1 aliphatic rings. The van der Waals surface area contributed by atoms with Crippen LogP contribution < -0.4 is 9.47 Å². The van der Waals surface area contributed by atoms with Gasteiger partial charge in [-0.2, -0.15) is 0 Å². The van der Waals surface area contributed by atoms with Crippen LogP contribution in [-0.2, 0) is 11.4 Å². The third-order valence-electron chi connectivity index (χ3n) is 5.54. The number of nitrogens with zero attached hydrogens (tertiary/aromatic N) is 2. The minimum atomic E-state index is -0.0597. The quantitative estimate of drug-likeness (QED) is 0.231. The minimum absolute atomic E-state index is 0.0183. The van der Waals surface area contributed by atoms with Crippen LogP contribution in [0.25, 0.3) is 6.08 Å². The van der Waals surface area contributed by atoms with Gasteiger partial charge >= 0.3 is 0 Å². The number of amidine groups is 1. The van der Waals surface area contributed by atoms with Crippen LogP contribution in [-0.4, -0.2) is 28.6 Å². The first-order valence-electron chi connectivity index (χ1n) is 12.0. The molecule has 0 aromatic heterocycles. The van der Waals surface area contributed by atoms with Gasteiger partial charge in [0.1, 0.15) is 6.61 Å². The summed E-state index contributed by atoms with van der Waals surface area (Å²) < 4.78 is 13.8. The second-order valence-electron chi connectivity index (χ2n) is 8.79. The number of carbonyl (C=O) groups is 1. The SMILES string of the molecule is CCOc1cc(/C=C2/SC(=Nc3ccc(C)cc3)N(C(C)C)C2=O)cc(Br)c1OCc1ccc(Br)cc1. The first-order valence-corrected chi connectivity index (χ1v) is 14.4. The summed E-state index contributed by atoms with van der Waals surface area (Å²) >= 11 is 8.49. The fourth-order valence-corrected chi connectivity index (χ4v) is 5.67. The van der Waals surface area contributed by atoms with Crippen molar-refractivity contribution in [1.82, 2.24) is 4.90 Å². The summed E-state index contributed by atoms with van der Waals surface area (Å²) in [6.45, 7) is 8.85. The number of thioether (sulfide) groups is 1. The predicted molar refractivity (Wildman–Crippen MR) is 160 cm³/mol. The Kier molecular flexibility index (Phi) is 9.16. The first-order chi connectivity index (χ1) is 17.7. The molecule has 37 heavy (non-hydrogen) atoms. The summed E-state index contributed by atoms with van der Waals surface area (Å²) in [4.78, 5) is 20.5. The van der Waals surface area contributed by atoms with Crippen molar-refractivity contribution in [1.29, 1.82) is 0 Å². The van der Waals surface area contributed by atoms with E-state index in [1.807, 2.05) is 94.4 Å². The Morgan fingerprint density at radius 1 is 1.03 bits per heavy atom. The average molecular weight is 644 g/mol. The van der Waals surface area contributed by atoms with E-state index in [9.17, 15) is 4.79 Å². The second-order valence-corrected chi connectivity index (χ2v) is 11.6. The van der Waals surface area contributed by atoms with E-state index in [0.29, 0.717) is 34.8 Å². The number of amides is 1. The Morgan fingerprint density at radius 2 is 1.73 bits per heavy atom. The van der Waals surface area contributed by atoms with E-state index in [-0.39, 0.29) is 11.9 Å². The predicted octanol–water partition coefficient (Wildman–Crippen LogP) is 8.51. The second kappa shape index (κ2) is 12.3. The fourth-order valence-electron chi connectivity index (χ4n) is 3.71. The van der Waals surface area contributed by atoms with Gasteiger partial charge in [-0.3, -0.25) is 9.69 Å². The summed E-state index contributed by atoms with van der Waals surface area (Å²) in [5.41, 5.74) is 3.87. The lowest BCUT2D eigenvalue weighted by Gasteiger charge is -2.19. The van der Waals surface area contributed by atoms with Gasteiger partial charge in [0, 0.05) is 10.5 Å². The van der Waals surface area contributed by atoms with E-state index in [2.05, 4.69) is 31.9 Å². The monoisotopic (exact) mass is 642 g/mol. The van der Waals surface area contributed by atoms with Crippen LogP contribution in [0, 0.1) is 6.92 Å². The van der Waals surface area contributed by atoms with Crippen molar-refractivity contribution in [2.24, 2.45) is 4.99 Å². The van der Waals surface area contributed by atoms with Gasteiger partial charge in [0.2, 0.25) is 0 Å². The Morgan fingerprint density at radius 3 is 2.38 bits per heavy atom. The van der Waals surface area contributed by atoms with Crippen molar-refractivity contribution in [2.75, 3.05) is 6.61 Å². The van der Waals surface area contributed by atoms with Crippen molar-refractivity contribution in [3.05, 3.63) is 91.2 Å². The van der Waals surface area contributed by atoms with Crippen LogP contribution in [0.5, 0.6) is 11.5 Å². The number of rotatable bonds is 8. The van der Waals surface area contributed by atoms with Crippen molar-refractivity contribution >= 4 is 66.5 Å². The van der Waals surface area contributed by atoms with Gasteiger partial charge in [-0.05, 0) is 109 Å². The summed E-state index contributed by atoms with van der Waals surface area (Å²) in [5.74, 6) is 1.18. The van der Waals surface area contributed by atoms with Gasteiger partial charge in [-0.25, -0.2) is 4.99 Å². The van der Waals surface area contributed by atoms with E-state index in [4.69, 9.17) is 14.5 Å². The molecule has 1 fully saturated rings. The van der Waals surface area contributed by atoms with Crippen molar-refractivity contribution in [3.63, 3.8) is 0 Å². The lowest BCUT2D eigenvalue weighted by atomic mass is 10.1. The molecule has 0 unspecified atom stereocenters. The smallest absolute Gasteiger partial charge is 0.266 e. The van der Waals surface area contributed by atoms with Gasteiger partial charge in [0.05, 0.1) is 21.7 Å². The van der Waals surface area contributed by atoms with Gasteiger partial charge in [-0.1, -0.05) is 45.8 Å². The molecular formula is C29H28Br2N2O3S. The number of hydrogen-bond acceptors (Lipinski definition) is 5. The molecule has 4 rings (SSSR count). The van der Waals surface area contributed by atoms with Crippen LogP contribution in [0.4, 0.5) is 5.69 Å². The molecule has 0 N–H and O–H groups in total. The summed E-state index contributed by atoms with van der Waals surface area (Å²) in [6.07, 6.45) is 1.88. The minimum Gasteiger partial charge on any atom is -0.490 e. The molecule has 3 aromatic rings. The Bertz CT molecular complexity index is 1340. The number of hydrogen-bond donors (Lipinski definition) is 0. The lowest BCUT2D eigenvalue weighted by Crippen LogP contribution is -2.35. The van der Waals surface area contributed by atoms with Crippen LogP contribution in [0.1, 0.15) is 37.5 Å². The zero-order valence-electron chi connectivity index (χ0n) is 21.1. The van der Waals surface area contributed by atoms with Crippen molar-refractivity contribution in [3.8, 4) is 11.5 Å². The maximum absolute atomic E-state index is 13.3. The van der Waals surface area contributed by atoms with E-state index in [0.717, 1.165) is 25.8 Å². The molecule has 3 aromatic carbocycles. The maximum Gasteiger partial charge on any atom is 0.266 e. The molecule has 5 nitrogen and oxygen atoms in total. The summed E-state index contributed by atoms with van der Waals surface area (Å²) in [7, 11) is 0. The maximum atomic E-state index is 13.3. The normalized spacial score (nSPS) is 15.8. The highest BCUT2D eigenvalue weighted by Gasteiger charge is 2.35. The standard InChI is InChI=1S/C29H28Br2N2O3S/c1-5-35-25-15-21(14-24(31)27(25)36-17-20-8-10-22(30)11-9-20)16-26-28(34)33(18(2)3)29(37-26)32-23-12-6-19(4)7-13-23/h6-16,18H,5,17H2,1-4H3/b26-16+,32-29?. The number of aliphatic imine (C=N–C) groups is 1. The summed E-state index contributed by atoms with van der Waals surface area (Å²) in [6, 6.07) is 19.8. The van der Waals surface area contributed by atoms with Gasteiger partial charge in [0.25, 0.3) is 5.91 Å². The molecule has 0 atom stereocenters. The number of benzene rings is 3. The van der Waals surface area contributed by atoms with Crippen molar-refractivity contribution < 1.29 is 14.3 Å². The topological polar surface area (TPSA) is 51.1 Å². The van der Waals surface area contributed by atoms with Gasteiger partial charge < -0.3 is 9.47 Å². The van der Waals surface area contributed by atoms with E-state index in [1.165, 1.54) is 17.3 Å². The first kappa shape index (κ1) is 27.5.